The van der Waals surface area contributed by atoms with Crippen LogP contribution in [0, 0.1) is 0 Å². The summed E-state index contributed by atoms with van der Waals surface area (Å²) in [5.74, 6) is 0. The SMILES string of the molecule is CC(C)(C)c1nc2ccccc2nc1-c1ccc2oc3ccccc3c2c1. The Bertz CT molecular complexity index is 1310. The Hall–Kier alpha value is -3.20. The number of hydrogen-bond acceptors (Lipinski definition) is 3. The predicted octanol–water partition coefficient (Wildman–Crippen LogP) is 6.49. The molecule has 132 valence electrons. The van der Waals surface area contributed by atoms with E-state index in [1.165, 1.54) is 0 Å². The van der Waals surface area contributed by atoms with Crippen LogP contribution in [0.4, 0.5) is 0 Å². The van der Waals surface area contributed by atoms with Gasteiger partial charge in [0, 0.05) is 21.8 Å². The summed E-state index contributed by atoms with van der Waals surface area (Å²) in [7, 11) is 0. The fraction of sp³-hybridized carbons (Fsp3) is 0.167. The molecule has 3 nitrogen and oxygen atoms in total. The molecule has 0 fully saturated rings. The van der Waals surface area contributed by atoms with Crippen molar-refractivity contribution in [2.45, 2.75) is 26.2 Å². The van der Waals surface area contributed by atoms with Crippen LogP contribution in [0.15, 0.2) is 71.1 Å². The van der Waals surface area contributed by atoms with Gasteiger partial charge in [0.2, 0.25) is 0 Å². The minimum absolute atomic E-state index is 0.111. The number of para-hydroxylation sites is 3. The zero-order valence-corrected chi connectivity index (χ0v) is 15.7. The molecule has 0 saturated heterocycles. The Labute approximate surface area is 157 Å². The van der Waals surface area contributed by atoms with Crippen molar-refractivity contribution in [3.05, 3.63) is 72.4 Å². The van der Waals surface area contributed by atoms with E-state index in [9.17, 15) is 0 Å². The lowest BCUT2D eigenvalue weighted by molar-refractivity contribution is 0.571. The van der Waals surface area contributed by atoms with Crippen LogP contribution < -0.4 is 0 Å². The summed E-state index contributed by atoms with van der Waals surface area (Å²) in [5.41, 5.74) is 6.55. The molecule has 0 aliphatic carbocycles. The molecule has 0 bridgehead atoms. The molecule has 0 amide bonds. The Morgan fingerprint density at radius 1 is 0.704 bits per heavy atom. The van der Waals surface area contributed by atoms with Crippen molar-refractivity contribution in [2.75, 3.05) is 0 Å². The molecule has 2 heterocycles. The molecule has 2 aromatic heterocycles. The van der Waals surface area contributed by atoms with Crippen LogP contribution >= 0.6 is 0 Å². The van der Waals surface area contributed by atoms with E-state index >= 15 is 0 Å². The average molecular weight is 352 g/mol. The minimum atomic E-state index is -0.111. The van der Waals surface area contributed by atoms with E-state index in [1.54, 1.807) is 0 Å². The summed E-state index contributed by atoms with van der Waals surface area (Å²) >= 11 is 0. The first-order chi connectivity index (χ1) is 13.0. The first kappa shape index (κ1) is 16.0. The molecular formula is C24H20N2O. The summed E-state index contributed by atoms with van der Waals surface area (Å²) in [5, 5.41) is 2.23. The highest BCUT2D eigenvalue weighted by atomic mass is 16.3. The van der Waals surface area contributed by atoms with E-state index in [1.807, 2.05) is 48.5 Å². The van der Waals surface area contributed by atoms with Gasteiger partial charge >= 0.3 is 0 Å². The lowest BCUT2D eigenvalue weighted by Gasteiger charge is -2.21. The van der Waals surface area contributed by atoms with Crippen molar-refractivity contribution in [3.63, 3.8) is 0 Å². The van der Waals surface area contributed by atoms with Crippen LogP contribution in [0.3, 0.4) is 0 Å². The molecule has 27 heavy (non-hydrogen) atoms. The maximum absolute atomic E-state index is 5.98. The van der Waals surface area contributed by atoms with Crippen LogP contribution in [0.5, 0.6) is 0 Å². The Morgan fingerprint density at radius 3 is 2.15 bits per heavy atom. The third-order valence-electron chi connectivity index (χ3n) is 4.93. The number of aromatic nitrogens is 2. The zero-order chi connectivity index (χ0) is 18.6. The van der Waals surface area contributed by atoms with Crippen molar-refractivity contribution in [1.82, 2.24) is 9.97 Å². The molecular weight excluding hydrogens is 332 g/mol. The fourth-order valence-corrected chi connectivity index (χ4v) is 3.60. The molecule has 0 spiro atoms. The second kappa shape index (κ2) is 5.65. The normalized spacial score (nSPS) is 12.3. The maximum atomic E-state index is 5.98. The third-order valence-corrected chi connectivity index (χ3v) is 4.93. The molecule has 3 heteroatoms. The van der Waals surface area contributed by atoms with E-state index in [0.717, 1.165) is 49.9 Å². The standard InChI is InChI=1S/C24H20N2O/c1-24(2,3)23-22(25-18-9-5-6-10-19(18)26-23)15-12-13-21-17(14-15)16-8-4-7-11-20(16)27-21/h4-14H,1-3H3. The smallest absolute Gasteiger partial charge is 0.135 e. The van der Waals surface area contributed by atoms with E-state index < -0.39 is 0 Å². The van der Waals surface area contributed by atoms with Crippen molar-refractivity contribution in [3.8, 4) is 11.3 Å². The lowest BCUT2D eigenvalue weighted by atomic mass is 9.88. The zero-order valence-electron chi connectivity index (χ0n) is 15.7. The van der Waals surface area contributed by atoms with Gasteiger partial charge in [-0.3, -0.25) is 0 Å². The average Bonchev–Trinajstić information content (AvgIpc) is 3.04. The van der Waals surface area contributed by atoms with Crippen molar-refractivity contribution < 1.29 is 4.42 Å². The van der Waals surface area contributed by atoms with Gasteiger partial charge in [0.05, 0.1) is 22.4 Å². The van der Waals surface area contributed by atoms with E-state index in [4.69, 9.17) is 14.4 Å². The van der Waals surface area contributed by atoms with Crippen LogP contribution in [0.2, 0.25) is 0 Å². The summed E-state index contributed by atoms with van der Waals surface area (Å²) in [6.45, 7) is 6.54. The maximum Gasteiger partial charge on any atom is 0.135 e. The largest absolute Gasteiger partial charge is 0.456 e. The topological polar surface area (TPSA) is 38.9 Å². The van der Waals surface area contributed by atoms with Gasteiger partial charge in [0.1, 0.15) is 11.2 Å². The highest BCUT2D eigenvalue weighted by molar-refractivity contribution is 6.06. The first-order valence-corrected chi connectivity index (χ1v) is 9.20. The molecule has 0 radical (unpaired) electrons. The number of benzene rings is 3. The second-order valence-corrected chi connectivity index (χ2v) is 7.97. The van der Waals surface area contributed by atoms with Gasteiger partial charge in [-0.1, -0.05) is 51.1 Å². The molecule has 0 aliphatic rings. The monoisotopic (exact) mass is 352 g/mol. The number of nitrogens with zero attached hydrogens (tertiary/aromatic N) is 2. The van der Waals surface area contributed by atoms with E-state index in [-0.39, 0.29) is 5.41 Å². The second-order valence-electron chi connectivity index (χ2n) is 7.97. The number of furan rings is 1. The van der Waals surface area contributed by atoms with Gasteiger partial charge in [0.15, 0.2) is 0 Å². The van der Waals surface area contributed by atoms with Crippen LogP contribution in [0.25, 0.3) is 44.2 Å². The quantitative estimate of drug-likeness (QED) is 0.346. The van der Waals surface area contributed by atoms with E-state index in [0.29, 0.717) is 0 Å². The molecule has 0 saturated carbocycles. The first-order valence-electron chi connectivity index (χ1n) is 9.20. The number of fused-ring (bicyclic) bond motifs is 4. The predicted molar refractivity (Wildman–Crippen MR) is 111 cm³/mol. The fourth-order valence-electron chi connectivity index (χ4n) is 3.60. The van der Waals surface area contributed by atoms with Gasteiger partial charge in [0.25, 0.3) is 0 Å². The van der Waals surface area contributed by atoms with Gasteiger partial charge < -0.3 is 4.42 Å². The molecule has 5 aromatic rings. The van der Waals surface area contributed by atoms with Gasteiger partial charge in [-0.15, -0.1) is 0 Å². The molecule has 3 aromatic carbocycles. The van der Waals surface area contributed by atoms with E-state index in [2.05, 4.69) is 39.0 Å². The molecule has 0 unspecified atom stereocenters. The minimum Gasteiger partial charge on any atom is -0.456 e. The Kier molecular flexibility index (Phi) is 3.35. The Morgan fingerprint density at radius 2 is 1.37 bits per heavy atom. The van der Waals surface area contributed by atoms with Gasteiger partial charge in [-0.25, -0.2) is 9.97 Å². The van der Waals surface area contributed by atoms with Crippen molar-refractivity contribution >= 4 is 33.0 Å². The number of hydrogen-bond donors (Lipinski definition) is 0. The summed E-state index contributed by atoms with van der Waals surface area (Å²) in [6.07, 6.45) is 0. The van der Waals surface area contributed by atoms with Crippen LogP contribution in [-0.4, -0.2) is 9.97 Å². The number of rotatable bonds is 1. The summed E-state index contributed by atoms with van der Waals surface area (Å²) < 4.78 is 5.98. The van der Waals surface area contributed by atoms with Crippen LogP contribution in [-0.2, 0) is 5.41 Å². The van der Waals surface area contributed by atoms with Crippen molar-refractivity contribution in [2.24, 2.45) is 0 Å². The molecule has 5 rings (SSSR count). The highest BCUT2D eigenvalue weighted by Crippen LogP contribution is 2.36. The Balaban J connectivity index is 1.83. The lowest BCUT2D eigenvalue weighted by Crippen LogP contribution is -2.16. The van der Waals surface area contributed by atoms with Crippen molar-refractivity contribution in [1.29, 1.82) is 0 Å². The molecule has 0 N–H and O–H groups in total. The molecule has 0 aliphatic heterocycles. The third kappa shape index (κ3) is 2.58. The summed E-state index contributed by atoms with van der Waals surface area (Å²) in [6, 6.07) is 22.5. The van der Waals surface area contributed by atoms with Crippen LogP contribution in [0.1, 0.15) is 26.5 Å². The van der Waals surface area contributed by atoms with Gasteiger partial charge in [-0.05, 0) is 36.4 Å². The highest BCUT2D eigenvalue weighted by Gasteiger charge is 2.23. The summed E-state index contributed by atoms with van der Waals surface area (Å²) in [4.78, 5) is 9.96. The molecule has 0 atom stereocenters. The van der Waals surface area contributed by atoms with Gasteiger partial charge in [-0.2, -0.15) is 0 Å².